The number of alkyl halides is 3. The average molecular weight is 443 g/mol. The second-order valence-corrected chi connectivity index (χ2v) is 7.40. The van der Waals surface area contributed by atoms with Crippen LogP contribution in [0.25, 0.3) is 0 Å². The van der Waals surface area contributed by atoms with Crippen molar-refractivity contribution in [1.29, 1.82) is 0 Å². The first kappa shape index (κ1) is 21.3. The van der Waals surface area contributed by atoms with Crippen molar-refractivity contribution in [3.63, 3.8) is 0 Å². The molecule has 31 heavy (non-hydrogen) atoms. The van der Waals surface area contributed by atoms with E-state index >= 15 is 0 Å². The molecule has 1 saturated heterocycles. The smallest absolute Gasteiger partial charge is 0.409 e. The van der Waals surface area contributed by atoms with Crippen LogP contribution in [0.1, 0.15) is 13.3 Å². The highest BCUT2D eigenvalue weighted by Crippen LogP contribution is 2.40. The summed E-state index contributed by atoms with van der Waals surface area (Å²) in [5.74, 6) is -1.54. The lowest BCUT2D eigenvalue weighted by Gasteiger charge is -2.40. The van der Waals surface area contributed by atoms with Crippen molar-refractivity contribution in [2.45, 2.75) is 38.1 Å². The van der Waals surface area contributed by atoms with Crippen molar-refractivity contribution in [2.75, 3.05) is 36.7 Å². The lowest BCUT2D eigenvalue weighted by atomic mass is 10.1. The summed E-state index contributed by atoms with van der Waals surface area (Å²) in [5, 5.41) is 0. The standard InChI is InChI=1S/C19H21F4N5O3/c1-11-10-31-8-7-26(11)16-15(20)17(29)27-6-4-13(19(21,22)23)28(18(27)25-16)12-3-5-24-14(9-12)30-2/h3,5,9,11,13H,4,6-8,10H2,1-2H3. The van der Waals surface area contributed by atoms with Crippen LogP contribution < -0.4 is 20.1 Å². The molecule has 2 aromatic heterocycles. The number of hydrogen-bond donors (Lipinski definition) is 0. The summed E-state index contributed by atoms with van der Waals surface area (Å²) in [6.45, 7) is 2.30. The Labute approximate surface area is 175 Å². The Morgan fingerprint density at radius 3 is 2.74 bits per heavy atom. The van der Waals surface area contributed by atoms with Gasteiger partial charge in [0.25, 0.3) is 5.56 Å². The normalized spacial score (nSPS) is 21.7. The van der Waals surface area contributed by atoms with E-state index in [2.05, 4.69) is 9.97 Å². The van der Waals surface area contributed by atoms with E-state index in [9.17, 15) is 22.4 Å². The highest BCUT2D eigenvalue weighted by molar-refractivity contribution is 5.62. The van der Waals surface area contributed by atoms with Gasteiger partial charge in [0.1, 0.15) is 6.04 Å². The number of rotatable bonds is 3. The van der Waals surface area contributed by atoms with Crippen LogP contribution in [0.2, 0.25) is 0 Å². The molecule has 0 aliphatic carbocycles. The van der Waals surface area contributed by atoms with E-state index in [1.54, 1.807) is 11.8 Å². The Kier molecular flexibility index (Phi) is 5.50. The number of nitrogens with zero attached hydrogens (tertiary/aromatic N) is 5. The summed E-state index contributed by atoms with van der Waals surface area (Å²) in [6.07, 6.45) is -3.75. The van der Waals surface area contributed by atoms with Gasteiger partial charge < -0.3 is 14.4 Å². The highest BCUT2D eigenvalue weighted by atomic mass is 19.4. The summed E-state index contributed by atoms with van der Waals surface area (Å²) in [5.41, 5.74) is -0.924. The topological polar surface area (TPSA) is 72.7 Å². The zero-order valence-corrected chi connectivity index (χ0v) is 16.9. The van der Waals surface area contributed by atoms with Crippen LogP contribution in [0, 0.1) is 5.82 Å². The molecule has 0 bridgehead atoms. The molecule has 2 atom stereocenters. The average Bonchev–Trinajstić information content (AvgIpc) is 2.75. The third kappa shape index (κ3) is 3.80. The van der Waals surface area contributed by atoms with Gasteiger partial charge in [-0.1, -0.05) is 0 Å². The summed E-state index contributed by atoms with van der Waals surface area (Å²) in [4.78, 5) is 23.4. The Morgan fingerprint density at radius 1 is 1.29 bits per heavy atom. The predicted octanol–water partition coefficient (Wildman–Crippen LogP) is 2.48. The third-order valence-electron chi connectivity index (χ3n) is 5.45. The van der Waals surface area contributed by atoms with Gasteiger partial charge >= 0.3 is 6.18 Å². The van der Waals surface area contributed by atoms with E-state index in [1.807, 2.05) is 0 Å². The fourth-order valence-corrected chi connectivity index (χ4v) is 3.91. The van der Waals surface area contributed by atoms with E-state index in [4.69, 9.17) is 9.47 Å². The molecule has 8 nitrogen and oxygen atoms in total. The number of pyridine rings is 1. The summed E-state index contributed by atoms with van der Waals surface area (Å²) < 4.78 is 68.1. The minimum absolute atomic E-state index is 0.0853. The van der Waals surface area contributed by atoms with Gasteiger partial charge in [-0.05, 0) is 19.4 Å². The van der Waals surface area contributed by atoms with Crippen LogP contribution in [-0.2, 0) is 11.3 Å². The number of hydrogen-bond acceptors (Lipinski definition) is 7. The lowest BCUT2D eigenvalue weighted by molar-refractivity contribution is -0.150. The molecule has 4 heterocycles. The van der Waals surface area contributed by atoms with Crippen molar-refractivity contribution in [2.24, 2.45) is 0 Å². The van der Waals surface area contributed by atoms with Crippen molar-refractivity contribution in [3.8, 4) is 5.88 Å². The molecule has 0 spiro atoms. The van der Waals surface area contributed by atoms with Gasteiger partial charge in [0, 0.05) is 25.4 Å². The number of morpholine rings is 1. The zero-order valence-electron chi connectivity index (χ0n) is 16.9. The largest absolute Gasteiger partial charge is 0.481 e. The lowest BCUT2D eigenvalue weighted by Crippen LogP contribution is -2.51. The minimum atomic E-state index is -4.61. The summed E-state index contributed by atoms with van der Waals surface area (Å²) >= 11 is 0. The van der Waals surface area contributed by atoms with Gasteiger partial charge in [-0.3, -0.25) is 14.3 Å². The van der Waals surface area contributed by atoms with E-state index in [0.717, 1.165) is 9.47 Å². The second kappa shape index (κ2) is 7.98. The molecule has 0 saturated carbocycles. The maximum atomic E-state index is 15.0. The van der Waals surface area contributed by atoms with Crippen molar-refractivity contribution in [3.05, 3.63) is 34.5 Å². The van der Waals surface area contributed by atoms with Crippen molar-refractivity contribution in [1.82, 2.24) is 14.5 Å². The molecule has 0 N–H and O–H groups in total. The van der Waals surface area contributed by atoms with Gasteiger partial charge in [0.05, 0.1) is 32.1 Å². The first-order valence-corrected chi connectivity index (χ1v) is 9.73. The first-order chi connectivity index (χ1) is 14.7. The Balaban J connectivity index is 1.92. The Bertz CT molecular complexity index is 1030. The maximum Gasteiger partial charge on any atom is 0.409 e. The molecular formula is C19H21F4N5O3. The number of halogens is 4. The van der Waals surface area contributed by atoms with Gasteiger partial charge in [0.15, 0.2) is 5.82 Å². The Morgan fingerprint density at radius 2 is 2.06 bits per heavy atom. The highest BCUT2D eigenvalue weighted by Gasteiger charge is 2.48. The number of fused-ring (bicyclic) bond motifs is 1. The maximum absolute atomic E-state index is 15.0. The van der Waals surface area contributed by atoms with Gasteiger partial charge in [-0.15, -0.1) is 0 Å². The van der Waals surface area contributed by atoms with E-state index in [0.29, 0.717) is 6.61 Å². The predicted molar refractivity (Wildman–Crippen MR) is 103 cm³/mol. The number of ether oxygens (including phenoxy) is 2. The molecule has 168 valence electrons. The molecule has 2 aliphatic heterocycles. The van der Waals surface area contributed by atoms with Gasteiger partial charge in [-0.25, -0.2) is 4.98 Å². The molecule has 0 radical (unpaired) electrons. The molecule has 1 fully saturated rings. The summed E-state index contributed by atoms with van der Waals surface area (Å²) in [6, 6.07) is 0.436. The van der Waals surface area contributed by atoms with Gasteiger partial charge in [0.2, 0.25) is 17.6 Å². The Hall–Kier alpha value is -2.89. The summed E-state index contributed by atoms with van der Waals surface area (Å²) in [7, 11) is 1.34. The number of methoxy groups -OCH3 is 1. The first-order valence-electron chi connectivity index (χ1n) is 9.73. The van der Waals surface area contributed by atoms with E-state index in [-0.39, 0.29) is 49.1 Å². The SMILES string of the molecule is COc1cc(N2c3nc(N4CCOCC4C)c(F)c(=O)n3CCC2C(F)(F)F)ccn1. The molecule has 12 heteroatoms. The van der Waals surface area contributed by atoms with Crippen LogP contribution in [0.3, 0.4) is 0 Å². The third-order valence-corrected chi connectivity index (χ3v) is 5.45. The molecular weight excluding hydrogens is 422 g/mol. The molecule has 2 aromatic rings. The van der Waals surface area contributed by atoms with Crippen LogP contribution in [0.15, 0.2) is 23.1 Å². The molecule has 0 amide bonds. The molecule has 2 unspecified atom stereocenters. The fraction of sp³-hybridized carbons (Fsp3) is 0.526. The van der Waals surface area contributed by atoms with Crippen molar-refractivity contribution < 1.29 is 27.0 Å². The van der Waals surface area contributed by atoms with E-state index in [1.165, 1.54) is 25.4 Å². The van der Waals surface area contributed by atoms with Crippen molar-refractivity contribution >= 4 is 17.5 Å². The van der Waals surface area contributed by atoms with Gasteiger partial charge in [-0.2, -0.15) is 22.5 Å². The van der Waals surface area contributed by atoms with Crippen LogP contribution in [0.4, 0.5) is 35.0 Å². The van der Waals surface area contributed by atoms with Crippen LogP contribution >= 0.6 is 0 Å². The van der Waals surface area contributed by atoms with Crippen LogP contribution in [0.5, 0.6) is 5.88 Å². The fourth-order valence-electron chi connectivity index (χ4n) is 3.91. The number of aromatic nitrogens is 3. The van der Waals surface area contributed by atoms with E-state index < -0.39 is 30.0 Å². The zero-order chi connectivity index (χ0) is 22.3. The van der Waals surface area contributed by atoms with Crippen LogP contribution in [-0.4, -0.2) is 59.7 Å². The molecule has 4 rings (SSSR count). The quantitative estimate of drug-likeness (QED) is 0.675. The monoisotopic (exact) mass is 443 g/mol. The molecule has 0 aromatic carbocycles. The second-order valence-electron chi connectivity index (χ2n) is 7.40. The number of anilines is 3. The molecule has 2 aliphatic rings. The minimum Gasteiger partial charge on any atom is -0.481 e.